The van der Waals surface area contributed by atoms with Crippen LogP contribution in [0.3, 0.4) is 0 Å². The van der Waals surface area contributed by atoms with E-state index in [4.69, 9.17) is 9.72 Å². The van der Waals surface area contributed by atoms with Gasteiger partial charge < -0.3 is 14.3 Å². The molecule has 0 amide bonds. The molecule has 7 rings (SSSR count). The van der Waals surface area contributed by atoms with Gasteiger partial charge in [0, 0.05) is 29.9 Å². The average Bonchev–Trinajstić information content (AvgIpc) is 3.74. The molecule has 1 aliphatic rings. The molecule has 6 aromatic heterocycles. The third kappa shape index (κ3) is 4.18. The smallest absolute Gasteiger partial charge is 0.138 e. The highest BCUT2D eigenvalue weighted by Gasteiger charge is 2.16. The van der Waals surface area contributed by atoms with Crippen LogP contribution in [0.15, 0.2) is 61.6 Å². The molecule has 0 saturated carbocycles. The molecule has 10 heteroatoms. The van der Waals surface area contributed by atoms with Crippen LogP contribution in [0, 0.1) is 6.92 Å². The van der Waals surface area contributed by atoms with Crippen LogP contribution < -0.4 is 4.74 Å². The third-order valence-corrected chi connectivity index (χ3v) is 7.06. The summed E-state index contributed by atoms with van der Waals surface area (Å²) in [6.45, 7) is 5.89. The van der Waals surface area contributed by atoms with Crippen LogP contribution in [-0.4, -0.2) is 70.8 Å². The van der Waals surface area contributed by atoms with Crippen molar-refractivity contribution in [2.75, 3.05) is 26.2 Å². The van der Waals surface area contributed by atoms with Gasteiger partial charge in [0.15, 0.2) is 0 Å². The third-order valence-electron chi connectivity index (χ3n) is 7.06. The molecule has 1 aliphatic heterocycles. The Kier molecular flexibility index (Phi) is 5.58. The van der Waals surface area contributed by atoms with E-state index in [1.807, 2.05) is 54.5 Å². The van der Waals surface area contributed by atoms with Gasteiger partial charge >= 0.3 is 0 Å². The maximum Gasteiger partial charge on any atom is 0.138 e. The molecule has 38 heavy (non-hydrogen) atoms. The van der Waals surface area contributed by atoms with Crippen molar-refractivity contribution in [3.05, 3.63) is 67.3 Å². The number of nitrogens with zero attached hydrogens (tertiary/aromatic N) is 7. The molecule has 0 aliphatic carbocycles. The lowest BCUT2D eigenvalue weighted by molar-refractivity contribution is 0.237. The number of H-pyrrole nitrogens is 2. The van der Waals surface area contributed by atoms with Crippen molar-refractivity contribution in [1.29, 1.82) is 0 Å². The maximum absolute atomic E-state index is 6.01. The number of pyridine rings is 3. The summed E-state index contributed by atoms with van der Waals surface area (Å²) >= 11 is 0. The quantitative estimate of drug-likeness (QED) is 0.328. The normalized spacial score (nSPS) is 14.1. The second-order valence-electron chi connectivity index (χ2n) is 9.70. The molecule has 0 atom stereocenters. The molecule has 0 aromatic carbocycles. The van der Waals surface area contributed by atoms with Crippen LogP contribution >= 0.6 is 0 Å². The zero-order valence-corrected chi connectivity index (χ0v) is 21.1. The van der Waals surface area contributed by atoms with Gasteiger partial charge in [-0.1, -0.05) is 0 Å². The summed E-state index contributed by atoms with van der Waals surface area (Å²) < 4.78 is 7.99. The molecule has 2 N–H and O–H groups in total. The first-order chi connectivity index (χ1) is 18.7. The summed E-state index contributed by atoms with van der Waals surface area (Å²) in [7, 11) is 0. The lowest BCUT2D eigenvalue weighted by Crippen LogP contribution is -2.25. The number of ether oxygens (including phenoxy) is 1. The zero-order chi connectivity index (χ0) is 25.5. The van der Waals surface area contributed by atoms with E-state index in [1.54, 1.807) is 12.5 Å². The summed E-state index contributed by atoms with van der Waals surface area (Å²) in [5.41, 5.74) is 7.77. The molecular formula is C28H27N9O. The Morgan fingerprint density at radius 2 is 1.89 bits per heavy atom. The number of aromatic amines is 2. The summed E-state index contributed by atoms with van der Waals surface area (Å²) in [4.78, 5) is 24.1. The summed E-state index contributed by atoms with van der Waals surface area (Å²) in [5, 5.41) is 8.74. The predicted octanol–water partition coefficient (Wildman–Crippen LogP) is 4.53. The highest BCUT2D eigenvalue weighted by molar-refractivity contribution is 5.96. The van der Waals surface area contributed by atoms with Gasteiger partial charge in [-0.25, -0.2) is 9.97 Å². The van der Waals surface area contributed by atoms with Gasteiger partial charge in [0.2, 0.25) is 0 Å². The van der Waals surface area contributed by atoms with Crippen molar-refractivity contribution in [3.63, 3.8) is 0 Å². The molecule has 0 radical (unpaired) electrons. The Labute approximate surface area is 218 Å². The number of hydrogen-bond acceptors (Lipinski definition) is 7. The number of likely N-dealkylation sites (tertiary alicyclic amines) is 1. The van der Waals surface area contributed by atoms with E-state index in [0.717, 1.165) is 81.3 Å². The Morgan fingerprint density at radius 3 is 2.76 bits per heavy atom. The van der Waals surface area contributed by atoms with Crippen LogP contribution in [0.25, 0.3) is 50.3 Å². The van der Waals surface area contributed by atoms with Crippen molar-refractivity contribution in [1.82, 2.24) is 44.6 Å². The molecule has 190 valence electrons. The molecular weight excluding hydrogens is 478 g/mol. The Morgan fingerprint density at radius 1 is 1.00 bits per heavy atom. The standard InChI is InChI=1S/C28H27N9O/c1-18-16-37(17-31-18)26-15-30-14-25-21(26)11-24(32-25)28-27-23(34-35-28)5-4-22(33-27)19-10-20(13-29-12-19)38-9-8-36-6-2-3-7-36/h4-5,10-17,32H,2-3,6-9H2,1H3,(H,34,35). The van der Waals surface area contributed by atoms with Gasteiger partial charge in [-0.15, -0.1) is 0 Å². The number of imidazole rings is 1. The highest BCUT2D eigenvalue weighted by Crippen LogP contribution is 2.31. The van der Waals surface area contributed by atoms with E-state index in [1.165, 1.54) is 12.8 Å². The largest absolute Gasteiger partial charge is 0.491 e. The molecule has 6 aromatic rings. The summed E-state index contributed by atoms with van der Waals surface area (Å²) in [6, 6.07) is 8.06. The Balaban J connectivity index is 1.20. The van der Waals surface area contributed by atoms with Gasteiger partial charge in [0.1, 0.15) is 23.6 Å². The minimum atomic E-state index is 0.652. The van der Waals surface area contributed by atoms with Crippen LogP contribution in [0.5, 0.6) is 5.75 Å². The minimum absolute atomic E-state index is 0.652. The fraction of sp³-hybridized carbons (Fsp3) is 0.250. The van der Waals surface area contributed by atoms with Gasteiger partial charge in [-0.2, -0.15) is 5.10 Å². The lowest BCUT2D eigenvalue weighted by atomic mass is 10.1. The Hall–Kier alpha value is -4.57. The van der Waals surface area contributed by atoms with E-state index in [2.05, 4.69) is 41.1 Å². The first kappa shape index (κ1) is 22.6. The first-order valence-electron chi connectivity index (χ1n) is 12.8. The average molecular weight is 506 g/mol. The zero-order valence-electron chi connectivity index (χ0n) is 21.1. The number of nitrogens with one attached hydrogen (secondary N) is 2. The van der Waals surface area contributed by atoms with Crippen molar-refractivity contribution < 1.29 is 4.74 Å². The molecule has 1 saturated heterocycles. The fourth-order valence-corrected chi connectivity index (χ4v) is 5.11. The molecule has 0 bridgehead atoms. The SMILES string of the molecule is Cc1cn(-c2cncc3[nH]c(-c4n[nH]c5ccc(-c6cncc(OCCN7CCCC7)c6)nc45)cc23)cn1. The topological polar surface area (TPSA) is 113 Å². The van der Waals surface area contributed by atoms with Gasteiger partial charge in [-0.05, 0) is 57.1 Å². The molecule has 0 unspecified atom stereocenters. The second kappa shape index (κ2) is 9.38. The van der Waals surface area contributed by atoms with Crippen LogP contribution in [0.2, 0.25) is 0 Å². The molecule has 7 heterocycles. The number of rotatable bonds is 7. The molecule has 0 spiro atoms. The van der Waals surface area contributed by atoms with Crippen LogP contribution in [0.4, 0.5) is 0 Å². The van der Waals surface area contributed by atoms with Crippen molar-refractivity contribution in [3.8, 4) is 34.1 Å². The van der Waals surface area contributed by atoms with Crippen molar-refractivity contribution in [2.45, 2.75) is 19.8 Å². The lowest BCUT2D eigenvalue weighted by Gasteiger charge is -2.15. The summed E-state index contributed by atoms with van der Waals surface area (Å²) in [6.07, 6.45) is 13.6. The van der Waals surface area contributed by atoms with Gasteiger partial charge in [0.25, 0.3) is 0 Å². The first-order valence-corrected chi connectivity index (χ1v) is 12.8. The predicted molar refractivity (Wildman–Crippen MR) is 145 cm³/mol. The number of hydrogen-bond donors (Lipinski definition) is 2. The van der Waals surface area contributed by atoms with Crippen molar-refractivity contribution >= 4 is 21.9 Å². The maximum atomic E-state index is 6.01. The van der Waals surface area contributed by atoms with E-state index in [-0.39, 0.29) is 0 Å². The van der Waals surface area contributed by atoms with Gasteiger partial charge in [-0.3, -0.25) is 20.0 Å². The van der Waals surface area contributed by atoms with E-state index in [0.29, 0.717) is 6.61 Å². The summed E-state index contributed by atoms with van der Waals surface area (Å²) in [5.74, 6) is 0.751. The van der Waals surface area contributed by atoms with E-state index < -0.39 is 0 Å². The molecule has 10 nitrogen and oxygen atoms in total. The second-order valence-corrected chi connectivity index (χ2v) is 9.70. The Bertz CT molecular complexity index is 1740. The number of aryl methyl sites for hydroxylation is 1. The van der Waals surface area contributed by atoms with Crippen LogP contribution in [0.1, 0.15) is 18.5 Å². The molecule has 1 fully saturated rings. The monoisotopic (exact) mass is 505 g/mol. The fourth-order valence-electron chi connectivity index (χ4n) is 5.11. The van der Waals surface area contributed by atoms with Crippen molar-refractivity contribution in [2.24, 2.45) is 0 Å². The minimum Gasteiger partial charge on any atom is -0.491 e. The number of fused-ring (bicyclic) bond motifs is 2. The van der Waals surface area contributed by atoms with Gasteiger partial charge in [0.05, 0.1) is 58.7 Å². The number of aromatic nitrogens is 8. The van der Waals surface area contributed by atoms with E-state index in [9.17, 15) is 0 Å². The van der Waals surface area contributed by atoms with Crippen LogP contribution in [-0.2, 0) is 0 Å². The highest BCUT2D eigenvalue weighted by atomic mass is 16.5. The van der Waals surface area contributed by atoms with E-state index >= 15 is 0 Å².